The van der Waals surface area contributed by atoms with Gasteiger partial charge in [-0.05, 0) is 12.8 Å². The molecule has 0 rings (SSSR count). The van der Waals surface area contributed by atoms with E-state index in [4.69, 9.17) is 0 Å². The summed E-state index contributed by atoms with van der Waals surface area (Å²) in [4.78, 5) is 21.2. The van der Waals surface area contributed by atoms with Gasteiger partial charge in [-0.2, -0.15) is 0 Å². The van der Waals surface area contributed by atoms with Gasteiger partial charge in [0, 0.05) is 18.8 Å². The molecule has 64 valence electrons. The molecule has 2 heteroatoms. The van der Waals surface area contributed by atoms with Crippen LogP contribution in [0.4, 0.5) is 0 Å². The summed E-state index contributed by atoms with van der Waals surface area (Å²) >= 11 is 0. The fourth-order valence-electron chi connectivity index (χ4n) is 0.892. The Balaban J connectivity index is 3.50. The molecule has 0 bridgehead atoms. The van der Waals surface area contributed by atoms with Crippen molar-refractivity contribution in [1.29, 1.82) is 0 Å². The first-order chi connectivity index (χ1) is 5.24. The van der Waals surface area contributed by atoms with Crippen molar-refractivity contribution in [3.05, 3.63) is 0 Å². The number of ketones is 1. The highest BCUT2D eigenvalue weighted by atomic mass is 16.1. The van der Waals surface area contributed by atoms with Crippen LogP contribution in [0.25, 0.3) is 0 Å². The highest BCUT2D eigenvalue weighted by Crippen LogP contribution is 2.08. The molecule has 1 atom stereocenters. The Labute approximate surface area is 68.0 Å². The van der Waals surface area contributed by atoms with Crippen molar-refractivity contribution in [1.82, 2.24) is 0 Å². The van der Waals surface area contributed by atoms with E-state index in [-0.39, 0.29) is 11.7 Å². The van der Waals surface area contributed by atoms with Crippen molar-refractivity contribution in [3.63, 3.8) is 0 Å². The molecule has 0 saturated heterocycles. The van der Waals surface area contributed by atoms with Gasteiger partial charge in [-0.3, -0.25) is 4.79 Å². The molecule has 0 heterocycles. The minimum Gasteiger partial charge on any atom is -0.303 e. The maximum atomic E-state index is 10.8. The lowest BCUT2D eigenvalue weighted by Gasteiger charge is -2.04. The number of hydrogen-bond acceptors (Lipinski definition) is 2. The summed E-state index contributed by atoms with van der Waals surface area (Å²) in [6, 6.07) is 0. The topological polar surface area (TPSA) is 34.1 Å². The van der Waals surface area contributed by atoms with Gasteiger partial charge in [0.25, 0.3) is 0 Å². The van der Waals surface area contributed by atoms with Crippen molar-refractivity contribution in [2.45, 2.75) is 39.5 Å². The molecule has 0 aliphatic carbocycles. The third kappa shape index (κ3) is 4.71. The maximum absolute atomic E-state index is 10.8. The number of carbonyl (C=O) groups excluding carboxylic acids is 2. The first-order valence-electron chi connectivity index (χ1n) is 4.21. The molecule has 0 unspecified atom stereocenters. The summed E-state index contributed by atoms with van der Waals surface area (Å²) in [5, 5.41) is 0. The standard InChI is InChI=1S/C9H16O2/c1-3-8(7-10)5-6-9(11)4-2/h7-8H,3-6H2,1-2H3/t8-/m1/s1. The van der Waals surface area contributed by atoms with Gasteiger partial charge < -0.3 is 4.79 Å². The number of carbonyl (C=O) groups is 2. The van der Waals surface area contributed by atoms with Crippen molar-refractivity contribution in [2.24, 2.45) is 5.92 Å². The molecular formula is C9H16O2. The Kier molecular flexibility index (Phi) is 5.71. The summed E-state index contributed by atoms with van der Waals surface area (Å²) in [7, 11) is 0. The highest BCUT2D eigenvalue weighted by molar-refractivity contribution is 5.78. The molecule has 11 heavy (non-hydrogen) atoms. The molecule has 2 nitrogen and oxygen atoms in total. The van der Waals surface area contributed by atoms with Crippen LogP contribution in [0, 0.1) is 5.92 Å². The van der Waals surface area contributed by atoms with E-state index < -0.39 is 0 Å². The third-order valence-electron chi connectivity index (χ3n) is 1.91. The molecule has 0 radical (unpaired) electrons. The lowest BCUT2D eigenvalue weighted by atomic mass is 10.00. The molecule has 0 spiro atoms. The molecule has 0 saturated carbocycles. The van der Waals surface area contributed by atoms with E-state index in [1.165, 1.54) is 0 Å². The fourth-order valence-corrected chi connectivity index (χ4v) is 0.892. The largest absolute Gasteiger partial charge is 0.303 e. The van der Waals surface area contributed by atoms with E-state index in [0.29, 0.717) is 12.8 Å². The van der Waals surface area contributed by atoms with Crippen molar-refractivity contribution >= 4 is 12.1 Å². The molecule has 0 aromatic heterocycles. The van der Waals surface area contributed by atoms with Crippen LogP contribution in [0.3, 0.4) is 0 Å². The second-order valence-corrected chi connectivity index (χ2v) is 2.74. The van der Waals surface area contributed by atoms with Crippen molar-refractivity contribution in [2.75, 3.05) is 0 Å². The normalized spacial score (nSPS) is 12.5. The average Bonchev–Trinajstić information content (AvgIpc) is 2.06. The van der Waals surface area contributed by atoms with Gasteiger partial charge in [0.05, 0.1) is 0 Å². The zero-order valence-electron chi connectivity index (χ0n) is 7.30. The zero-order valence-corrected chi connectivity index (χ0v) is 7.30. The molecule has 0 aromatic rings. The van der Waals surface area contributed by atoms with Crippen molar-refractivity contribution in [3.8, 4) is 0 Å². The van der Waals surface area contributed by atoms with E-state index in [0.717, 1.165) is 19.1 Å². The van der Waals surface area contributed by atoms with E-state index in [2.05, 4.69) is 0 Å². The minimum absolute atomic E-state index is 0.0884. The quantitative estimate of drug-likeness (QED) is 0.551. The number of hydrogen-bond donors (Lipinski definition) is 0. The summed E-state index contributed by atoms with van der Waals surface area (Å²) in [5.41, 5.74) is 0. The monoisotopic (exact) mass is 156 g/mol. The lowest BCUT2D eigenvalue weighted by molar-refractivity contribution is -0.119. The smallest absolute Gasteiger partial charge is 0.132 e. The predicted molar refractivity (Wildman–Crippen MR) is 44.4 cm³/mol. The van der Waals surface area contributed by atoms with Gasteiger partial charge in [-0.25, -0.2) is 0 Å². The number of Topliss-reactive ketones (excluding diaryl/α,β-unsaturated/α-hetero) is 1. The summed E-state index contributed by atoms with van der Waals surface area (Å²) in [6.07, 6.45) is 3.68. The van der Waals surface area contributed by atoms with Crippen LogP contribution in [0.5, 0.6) is 0 Å². The average molecular weight is 156 g/mol. The van der Waals surface area contributed by atoms with Gasteiger partial charge in [-0.1, -0.05) is 13.8 Å². The van der Waals surface area contributed by atoms with Crippen LogP contribution in [0.15, 0.2) is 0 Å². The maximum Gasteiger partial charge on any atom is 0.132 e. The summed E-state index contributed by atoms with van der Waals surface area (Å²) in [5.74, 6) is 0.343. The van der Waals surface area contributed by atoms with Crippen LogP contribution in [0.1, 0.15) is 39.5 Å². The molecule has 0 fully saturated rings. The minimum atomic E-state index is 0.0884. The van der Waals surface area contributed by atoms with Crippen LogP contribution in [-0.2, 0) is 9.59 Å². The van der Waals surface area contributed by atoms with Gasteiger partial charge in [0.15, 0.2) is 0 Å². The second-order valence-electron chi connectivity index (χ2n) is 2.74. The Morgan fingerprint density at radius 3 is 2.45 bits per heavy atom. The third-order valence-corrected chi connectivity index (χ3v) is 1.91. The second kappa shape index (κ2) is 6.08. The summed E-state index contributed by atoms with van der Waals surface area (Å²) in [6.45, 7) is 3.82. The van der Waals surface area contributed by atoms with Gasteiger partial charge in [0.1, 0.15) is 12.1 Å². The predicted octanol–water partition coefficient (Wildman–Crippen LogP) is 1.97. The summed E-state index contributed by atoms with van der Waals surface area (Å²) < 4.78 is 0. The zero-order chi connectivity index (χ0) is 8.69. The highest BCUT2D eigenvalue weighted by Gasteiger charge is 2.06. The Hall–Kier alpha value is -0.660. The lowest BCUT2D eigenvalue weighted by Crippen LogP contribution is -2.04. The molecule has 0 N–H and O–H groups in total. The van der Waals surface area contributed by atoms with Gasteiger partial charge in [-0.15, -0.1) is 0 Å². The van der Waals surface area contributed by atoms with E-state index in [1.54, 1.807) is 0 Å². The first-order valence-corrected chi connectivity index (χ1v) is 4.21. The Morgan fingerprint density at radius 1 is 1.45 bits per heavy atom. The van der Waals surface area contributed by atoms with Gasteiger partial charge in [0.2, 0.25) is 0 Å². The SMILES string of the molecule is CCC(=O)CC[C@H](C=O)CC. The molecule has 0 aromatic carbocycles. The molecule has 0 amide bonds. The molecule has 0 aliphatic heterocycles. The van der Waals surface area contributed by atoms with Crippen molar-refractivity contribution < 1.29 is 9.59 Å². The van der Waals surface area contributed by atoms with Crippen LogP contribution >= 0.6 is 0 Å². The van der Waals surface area contributed by atoms with Crippen LogP contribution in [-0.4, -0.2) is 12.1 Å². The number of rotatable bonds is 6. The molecular weight excluding hydrogens is 140 g/mol. The fraction of sp³-hybridized carbons (Fsp3) is 0.778. The van der Waals surface area contributed by atoms with Gasteiger partial charge >= 0.3 is 0 Å². The van der Waals surface area contributed by atoms with Crippen LogP contribution < -0.4 is 0 Å². The molecule has 0 aliphatic rings. The van der Waals surface area contributed by atoms with E-state index in [1.807, 2.05) is 13.8 Å². The Morgan fingerprint density at radius 2 is 2.09 bits per heavy atom. The number of aldehydes is 1. The van der Waals surface area contributed by atoms with Crippen LogP contribution in [0.2, 0.25) is 0 Å². The van der Waals surface area contributed by atoms with E-state index in [9.17, 15) is 9.59 Å². The Bertz CT molecular complexity index is 130. The van der Waals surface area contributed by atoms with E-state index >= 15 is 0 Å². The first kappa shape index (κ1) is 10.3.